The number of amides is 1. The van der Waals surface area contributed by atoms with Gasteiger partial charge in [0.2, 0.25) is 5.91 Å². The summed E-state index contributed by atoms with van der Waals surface area (Å²) in [4.78, 5) is 26.7. The third-order valence-electron chi connectivity index (χ3n) is 4.43. The Hall–Kier alpha value is -2.67. The molecule has 1 aromatic carbocycles. The SMILES string of the molecule is CCn1cc(-c2ccc(C[C@H](N)CCC(=O)O)cc2)nc1[C@@H](C)NC(C)=O. The van der Waals surface area contributed by atoms with E-state index in [4.69, 9.17) is 15.8 Å². The van der Waals surface area contributed by atoms with Crippen molar-refractivity contribution in [2.24, 2.45) is 5.73 Å². The molecule has 0 aliphatic carbocycles. The first-order chi connectivity index (χ1) is 12.8. The molecule has 2 atom stereocenters. The number of aryl methyl sites for hydroxylation is 1. The number of carboxylic acid groups (broad SMARTS) is 1. The standard InChI is InChI=1S/C20H28N4O3/c1-4-24-12-18(23-20(24)13(2)22-14(3)25)16-7-5-15(6-8-16)11-17(21)9-10-19(26)27/h5-8,12-13,17H,4,9-11,21H2,1-3H3,(H,22,25)(H,26,27)/t13-,17-/m1/s1. The van der Waals surface area contributed by atoms with E-state index in [-0.39, 0.29) is 24.4 Å². The van der Waals surface area contributed by atoms with Gasteiger partial charge in [-0.25, -0.2) is 4.98 Å². The summed E-state index contributed by atoms with van der Waals surface area (Å²) in [6.07, 6.45) is 3.17. The van der Waals surface area contributed by atoms with Crippen LogP contribution in [0.3, 0.4) is 0 Å². The van der Waals surface area contributed by atoms with Crippen LogP contribution in [0.1, 0.15) is 51.0 Å². The molecule has 0 saturated heterocycles. The highest BCUT2D eigenvalue weighted by Gasteiger charge is 2.16. The fourth-order valence-electron chi connectivity index (χ4n) is 3.06. The molecule has 4 N–H and O–H groups in total. The largest absolute Gasteiger partial charge is 0.481 e. The van der Waals surface area contributed by atoms with E-state index in [9.17, 15) is 9.59 Å². The van der Waals surface area contributed by atoms with Gasteiger partial charge in [0.1, 0.15) is 5.82 Å². The predicted molar refractivity (Wildman–Crippen MR) is 104 cm³/mol. The number of nitrogens with one attached hydrogen (secondary N) is 1. The summed E-state index contributed by atoms with van der Waals surface area (Å²) in [5, 5.41) is 11.6. The van der Waals surface area contributed by atoms with Crippen LogP contribution < -0.4 is 11.1 Å². The topological polar surface area (TPSA) is 110 Å². The van der Waals surface area contributed by atoms with E-state index < -0.39 is 5.97 Å². The number of hydrogen-bond acceptors (Lipinski definition) is 4. The summed E-state index contributed by atoms with van der Waals surface area (Å²) >= 11 is 0. The molecular formula is C20H28N4O3. The maximum absolute atomic E-state index is 11.3. The Balaban J connectivity index is 2.11. The zero-order valence-electron chi connectivity index (χ0n) is 16.1. The molecule has 0 radical (unpaired) electrons. The maximum atomic E-state index is 11.3. The van der Waals surface area contributed by atoms with Crippen LogP contribution in [-0.4, -0.2) is 32.6 Å². The molecule has 0 fully saturated rings. The number of aromatic nitrogens is 2. The molecular weight excluding hydrogens is 344 g/mol. The second-order valence-corrected chi connectivity index (χ2v) is 6.79. The predicted octanol–water partition coefficient (Wildman–Crippen LogP) is 2.50. The van der Waals surface area contributed by atoms with Crippen molar-refractivity contribution in [2.75, 3.05) is 0 Å². The first-order valence-corrected chi connectivity index (χ1v) is 9.21. The number of carbonyl (C=O) groups is 2. The van der Waals surface area contributed by atoms with Crippen molar-refractivity contribution in [1.82, 2.24) is 14.9 Å². The molecule has 146 valence electrons. The van der Waals surface area contributed by atoms with Crippen LogP contribution in [0.5, 0.6) is 0 Å². The number of imidazole rings is 1. The zero-order valence-corrected chi connectivity index (χ0v) is 16.1. The Labute approximate surface area is 159 Å². The van der Waals surface area contributed by atoms with Crippen molar-refractivity contribution < 1.29 is 14.7 Å². The van der Waals surface area contributed by atoms with Crippen molar-refractivity contribution in [3.05, 3.63) is 41.9 Å². The summed E-state index contributed by atoms with van der Waals surface area (Å²) < 4.78 is 2.03. The molecule has 27 heavy (non-hydrogen) atoms. The number of nitrogens with zero attached hydrogens (tertiary/aromatic N) is 2. The summed E-state index contributed by atoms with van der Waals surface area (Å²) in [7, 11) is 0. The molecule has 0 bridgehead atoms. The molecule has 0 spiro atoms. The third-order valence-corrected chi connectivity index (χ3v) is 4.43. The number of carboxylic acids is 1. The third kappa shape index (κ3) is 5.92. The van der Waals surface area contributed by atoms with Gasteiger partial charge in [-0.05, 0) is 32.3 Å². The minimum Gasteiger partial charge on any atom is -0.481 e. The van der Waals surface area contributed by atoms with Crippen molar-refractivity contribution in [3.63, 3.8) is 0 Å². The van der Waals surface area contributed by atoms with E-state index in [1.807, 2.05) is 48.9 Å². The van der Waals surface area contributed by atoms with E-state index in [1.54, 1.807) is 0 Å². The Morgan fingerprint density at radius 3 is 2.52 bits per heavy atom. The van der Waals surface area contributed by atoms with E-state index in [0.717, 1.165) is 29.2 Å². The molecule has 1 heterocycles. The lowest BCUT2D eigenvalue weighted by atomic mass is 10.0. The van der Waals surface area contributed by atoms with Gasteiger partial charge in [0.15, 0.2) is 0 Å². The number of nitrogens with two attached hydrogens (primary N) is 1. The quantitative estimate of drug-likeness (QED) is 0.626. The summed E-state index contributed by atoms with van der Waals surface area (Å²) in [5.41, 5.74) is 8.91. The van der Waals surface area contributed by atoms with Crippen LogP contribution >= 0.6 is 0 Å². The maximum Gasteiger partial charge on any atom is 0.303 e. The Bertz CT molecular complexity index is 783. The molecule has 7 nitrogen and oxygen atoms in total. The van der Waals surface area contributed by atoms with Gasteiger partial charge in [0.05, 0.1) is 11.7 Å². The Morgan fingerprint density at radius 2 is 1.96 bits per heavy atom. The molecule has 1 amide bonds. The average Bonchev–Trinajstić information content (AvgIpc) is 3.04. The number of rotatable bonds is 9. The van der Waals surface area contributed by atoms with Gasteiger partial charge in [0, 0.05) is 37.7 Å². The second-order valence-electron chi connectivity index (χ2n) is 6.79. The van der Waals surface area contributed by atoms with Gasteiger partial charge in [0.25, 0.3) is 0 Å². The number of carbonyl (C=O) groups excluding carboxylic acids is 1. The van der Waals surface area contributed by atoms with Crippen LogP contribution in [-0.2, 0) is 22.6 Å². The number of hydrogen-bond donors (Lipinski definition) is 3. The fourth-order valence-corrected chi connectivity index (χ4v) is 3.06. The molecule has 2 rings (SSSR count). The van der Waals surface area contributed by atoms with E-state index in [1.165, 1.54) is 6.92 Å². The van der Waals surface area contributed by atoms with Crippen molar-refractivity contribution in [1.29, 1.82) is 0 Å². The Kier molecular flexibility index (Phi) is 7.12. The minimum absolute atomic E-state index is 0.0849. The summed E-state index contributed by atoms with van der Waals surface area (Å²) in [6.45, 7) is 6.22. The van der Waals surface area contributed by atoms with Crippen molar-refractivity contribution in [2.45, 2.75) is 58.7 Å². The molecule has 0 aliphatic heterocycles. The van der Waals surface area contributed by atoms with Gasteiger partial charge >= 0.3 is 5.97 Å². The Morgan fingerprint density at radius 1 is 1.30 bits per heavy atom. The van der Waals surface area contributed by atoms with Crippen LogP contribution in [0.4, 0.5) is 0 Å². The minimum atomic E-state index is -0.823. The highest BCUT2D eigenvalue weighted by Crippen LogP contribution is 2.23. The second kappa shape index (κ2) is 9.32. The highest BCUT2D eigenvalue weighted by molar-refractivity contribution is 5.73. The fraction of sp³-hybridized carbons (Fsp3) is 0.450. The van der Waals surface area contributed by atoms with Gasteiger partial charge in [-0.2, -0.15) is 0 Å². The van der Waals surface area contributed by atoms with Crippen LogP contribution in [0, 0.1) is 0 Å². The summed E-state index contributed by atoms with van der Waals surface area (Å²) in [6, 6.07) is 7.65. The van der Waals surface area contributed by atoms with Crippen molar-refractivity contribution >= 4 is 11.9 Å². The molecule has 0 unspecified atom stereocenters. The normalized spacial score (nSPS) is 13.2. The lowest BCUT2D eigenvalue weighted by Crippen LogP contribution is -2.26. The highest BCUT2D eigenvalue weighted by atomic mass is 16.4. The number of benzene rings is 1. The van der Waals surface area contributed by atoms with Crippen molar-refractivity contribution in [3.8, 4) is 11.3 Å². The van der Waals surface area contributed by atoms with Gasteiger partial charge in [-0.15, -0.1) is 0 Å². The van der Waals surface area contributed by atoms with Crippen LogP contribution in [0.2, 0.25) is 0 Å². The van der Waals surface area contributed by atoms with Gasteiger partial charge in [-0.3, -0.25) is 9.59 Å². The van der Waals surface area contributed by atoms with Gasteiger partial charge < -0.3 is 20.7 Å². The lowest BCUT2D eigenvalue weighted by Gasteiger charge is -2.13. The molecule has 2 aromatic rings. The van der Waals surface area contributed by atoms with E-state index >= 15 is 0 Å². The smallest absolute Gasteiger partial charge is 0.303 e. The van der Waals surface area contributed by atoms with Crippen LogP contribution in [0.15, 0.2) is 30.5 Å². The monoisotopic (exact) mass is 372 g/mol. The van der Waals surface area contributed by atoms with Crippen LogP contribution in [0.25, 0.3) is 11.3 Å². The molecule has 0 aliphatic rings. The van der Waals surface area contributed by atoms with E-state index in [2.05, 4.69) is 5.32 Å². The molecule has 0 saturated carbocycles. The average molecular weight is 372 g/mol. The zero-order chi connectivity index (χ0) is 20.0. The first kappa shape index (κ1) is 20.6. The molecule has 1 aromatic heterocycles. The lowest BCUT2D eigenvalue weighted by molar-refractivity contribution is -0.137. The van der Waals surface area contributed by atoms with Gasteiger partial charge in [-0.1, -0.05) is 24.3 Å². The summed E-state index contributed by atoms with van der Waals surface area (Å²) in [5.74, 6) is -0.0858. The number of aliphatic carboxylic acids is 1. The molecule has 7 heteroatoms. The first-order valence-electron chi connectivity index (χ1n) is 9.21. The van der Waals surface area contributed by atoms with E-state index in [0.29, 0.717) is 12.8 Å².